The third kappa shape index (κ3) is 2.91. The molecule has 1 atom stereocenters. The van der Waals surface area contributed by atoms with Crippen LogP contribution in [-0.2, 0) is 4.74 Å². The van der Waals surface area contributed by atoms with Crippen molar-refractivity contribution < 1.29 is 14.6 Å². The zero-order chi connectivity index (χ0) is 17.2. The maximum atomic E-state index is 12.5. The van der Waals surface area contributed by atoms with Gasteiger partial charge in [-0.3, -0.25) is 0 Å². The van der Waals surface area contributed by atoms with Gasteiger partial charge in [0.15, 0.2) is 0 Å². The van der Waals surface area contributed by atoms with Gasteiger partial charge in [-0.05, 0) is 41.5 Å². The number of carbonyl (C=O) groups excluding carboxylic acids is 1. The van der Waals surface area contributed by atoms with Gasteiger partial charge in [0, 0.05) is 25.1 Å². The van der Waals surface area contributed by atoms with Crippen molar-refractivity contribution in [1.82, 2.24) is 4.90 Å². The summed E-state index contributed by atoms with van der Waals surface area (Å²) >= 11 is 0. The molecule has 0 radical (unpaired) electrons. The number of aliphatic hydroxyl groups is 1. The number of hydrogen-bond donors (Lipinski definition) is 1. The lowest BCUT2D eigenvalue weighted by molar-refractivity contribution is 0.0908. The average molecular weight is 337 g/mol. The number of carbonyl (C=O) groups is 1. The molecule has 25 heavy (non-hydrogen) atoms. The Morgan fingerprint density at radius 3 is 2.36 bits per heavy atom. The van der Waals surface area contributed by atoms with Crippen molar-refractivity contribution in [2.45, 2.75) is 31.2 Å². The van der Waals surface area contributed by atoms with Gasteiger partial charge in [0.25, 0.3) is 0 Å². The van der Waals surface area contributed by atoms with Crippen molar-refractivity contribution in [3.8, 4) is 11.1 Å². The van der Waals surface area contributed by atoms with E-state index in [4.69, 9.17) is 9.84 Å². The normalized spacial score (nSPS) is 18.9. The number of hydrogen-bond acceptors (Lipinski definition) is 3. The van der Waals surface area contributed by atoms with Crippen LogP contribution in [0.3, 0.4) is 0 Å². The lowest BCUT2D eigenvalue weighted by Gasteiger charge is -2.24. The molecule has 1 aliphatic heterocycles. The number of nitrogens with zero attached hydrogens (tertiary/aromatic N) is 1. The molecule has 0 saturated carbocycles. The van der Waals surface area contributed by atoms with Gasteiger partial charge < -0.3 is 14.7 Å². The van der Waals surface area contributed by atoms with Crippen molar-refractivity contribution in [1.29, 1.82) is 0 Å². The number of likely N-dealkylation sites (tertiary alicyclic amines) is 1. The lowest BCUT2D eigenvalue weighted by Crippen LogP contribution is -2.37. The number of amides is 1. The van der Waals surface area contributed by atoms with Gasteiger partial charge in [-0.1, -0.05) is 48.5 Å². The lowest BCUT2D eigenvalue weighted by atomic mass is 9.98. The van der Waals surface area contributed by atoms with Crippen LogP contribution in [0, 0.1) is 0 Å². The minimum absolute atomic E-state index is 0.0928. The van der Waals surface area contributed by atoms with E-state index in [2.05, 4.69) is 24.3 Å². The predicted molar refractivity (Wildman–Crippen MR) is 96.5 cm³/mol. The van der Waals surface area contributed by atoms with Gasteiger partial charge in [0.2, 0.25) is 0 Å². The molecule has 1 unspecified atom stereocenters. The second-order valence-electron chi connectivity index (χ2n) is 6.81. The fourth-order valence-corrected chi connectivity index (χ4v) is 4.20. The molecule has 1 N–H and O–H groups in total. The van der Waals surface area contributed by atoms with Crippen LogP contribution in [-0.4, -0.2) is 41.9 Å². The van der Waals surface area contributed by atoms with Crippen LogP contribution < -0.4 is 0 Å². The van der Waals surface area contributed by atoms with Crippen molar-refractivity contribution in [3.63, 3.8) is 0 Å². The zero-order valence-corrected chi connectivity index (χ0v) is 14.2. The fourth-order valence-electron chi connectivity index (χ4n) is 4.20. The summed E-state index contributed by atoms with van der Waals surface area (Å²) in [6.45, 7) is 1.19. The Morgan fingerprint density at radius 1 is 1.08 bits per heavy atom. The predicted octanol–water partition coefficient (Wildman–Crippen LogP) is 3.78. The van der Waals surface area contributed by atoms with E-state index in [0.29, 0.717) is 13.0 Å². The van der Waals surface area contributed by atoms with E-state index in [1.165, 1.54) is 22.3 Å². The molecular weight excluding hydrogens is 314 g/mol. The van der Waals surface area contributed by atoms with Gasteiger partial charge in [0.1, 0.15) is 6.61 Å². The Morgan fingerprint density at radius 2 is 1.72 bits per heavy atom. The number of ether oxygens (including phenoxy) is 1. The van der Waals surface area contributed by atoms with E-state index in [0.717, 1.165) is 19.4 Å². The molecule has 2 aromatic rings. The van der Waals surface area contributed by atoms with Crippen LogP contribution in [0.15, 0.2) is 48.5 Å². The molecule has 2 aromatic carbocycles. The Balaban J connectivity index is 1.51. The molecule has 4 nitrogen and oxygen atoms in total. The van der Waals surface area contributed by atoms with Crippen LogP contribution in [0.4, 0.5) is 4.79 Å². The topological polar surface area (TPSA) is 49.8 Å². The molecule has 1 aliphatic carbocycles. The summed E-state index contributed by atoms with van der Waals surface area (Å²) in [5.41, 5.74) is 4.92. The molecule has 4 heteroatoms. The number of aliphatic hydroxyl groups excluding tert-OH is 1. The van der Waals surface area contributed by atoms with Crippen LogP contribution in [0.5, 0.6) is 0 Å². The summed E-state index contributed by atoms with van der Waals surface area (Å²) in [6.07, 6.45) is 2.31. The van der Waals surface area contributed by atoms with Gasteiger partial charge in [0.05, 0.1) is 0 Å². The monoisotopic (exact) mass is 337 g/mol. The molecular formula is C21H23NO3. The molecule has 1 saturated heterocycles. The third-order valence-corrected chi connectivity index (χ3v) is 5.41. The highest BCUT2D eigenvalue weighted by Gasteiger charge is 2.32. The highest BCUT2D eigenvalue weighted by Crippen LogP contribution is 2.44. The van der Waals surface area contributed by atoms with Crippen molar-refractivity contribution in [2.24, 2.45) is 0 Å². The Kier molecular flexibility index (Phi) is 4.45. The van der Waals surface area contributed by atoms with E-state index in [-0.39, 0.29) is 24.7 Å². The van der Waals surface area contributed by atoms with Crippen molar-refractivity contribution in [3.05, 3.63) is 59.7 Å². The smallest absolute Gasteiger partial charge is 0.410 e. The largest absolute Gasteiger partial charge is 0.448 e. The van der Waals surface area contributed by atoms with E-state index < -0.39 is 0 Å². The SMILES string of the molecule is O=C(OCC1c2ccccc2-c2ccccc21)N1CCCC1CCO. The van der Waals surface area contributed by atoms with Crippen LogP contribution >= 0.6 is 0 Å². The quantitative estimate of drug-likeness (QED) is 0.924. The summed E-state index contributed by atoms with van der Waals surface area (Å²) in [7, 11) is 0. The molecule has 2 aliphatic rings. The maximum Gasteiger partial charge on any atom is 0.410 e. The van der Waals surface area contributed by atoms with E-state index in [9.17, 15) is 4.79 Å². The molecule has 0 spiro atoms. The van der Waals surface area contributed by atoms with Gasteiger partial charge >= 0.3 is 6.09 Å². The summed E-state index contributed by atoms with van der Waals surface area (Å²) in [5, 5.41) is 9.17. The number of fused-ring (bicyclic) bond motifs is 3. The van der Waals surface area contributed by atoms with Gasteiger partial charge in [-0.15, -0.1) is 0 Å². The first-order valence-electron chi connectivity index (χ1n) is 9.02. The molecule has 1 fully saturated rings. The summed E-state index contributed by atoms with van der Waals surface area (Å²) < 4.78 is 5.71. The Bertz CT molecular complexity index is 728. The minimum Gasteiger partial charge on any atom is -0.448 e. The zero-order valence-electron chi connectivity index (χ0n) is 14.2. The van der Waals surface area contributed by atoms with E-state index in [1.54, 1.807) is 4.90 Å². The second kappa shape index (κ2) is 6.89. The summed E-state index contributed by atoms with van der Waals surface area (Å²) in [4.78, 5) is 14.3. The van der Waals surface area contributed by atoms with Crippen molar-refractivity contribution in [2.75, 3.05) is 19.8 Å². The van der Waals surface area contributed by atoms with Gasteiger partial charge in [-0.2, -0.15) is 0 Å². The molecule has 0 bridgehead atoms. The van der Waals surface area contributed by atoms with Crippen LogP contribution in [0.2, 0.25) is 0 Å². The first kappa shape index (κ1) is 16.2. The van der Waals surface area contributed by atoms with Crippen LogP contribution in [0.1, 0.15) is 36.3 Å². The molecule has 0 aromatic heterocycles. The molecule has 130 valence electrons. The number of rotatable bonds is 4. The summed E-state index contributed by atoms with van der Waals surface area (Å²) in [5.74, 6) is 0.0928. The first-order chi connectivity index (χ1) is 12.3. The van der Waals surface area contributed by atoms with Crippen molar-refractivity contribution >= 4 is 6.09 Å². The Hall–Kier alpha value is -2.33. The fraction of sp³-hybridized carbons (Fsp3) is 0.381. The van der Waals surface area contributed by atoms with Crippen LogP contribution in [0.25, 0.3) is 11.1 Å². The number of benzene rings is 2. The molecule has 4 rings (SSSR count). The molecule has 1 amide bonds. The Labute approximate surface area is 148 Å². The highest BCUT2D eigenvalue weighted by molar-refractivity contribution is 5.79. The van der Waals surface area contributed by atoms with Gasteiger partial charge in [-0.25, -0.2) is 4.79 Å². The maximum absolute atomic E-state index is 12.5. The third-order valence-electron chi connectivity index (χ3n) is 5.41. The van der Waals surface area contributed by atoms with E-state index >= 15 is 0 Å². The molecule has 1 heterocycles. The van der Waals surface area contributed by atoms with E-state index in [1.807, 2.05) is 24.3 Å². The first-order valence-corrected chi connectivity index (χ1v) is 9.02. The standard InChI is InChI=1S/C21H23NO3/c23-13-11-15-6-5-12-22(15)21(24)25-14-20-18-9-3-1-7-16(18)17-8-2-4-10-19(17)20/h1-4,7-10,15,20,23H,5-6,11-14H2. The highest BCUT2D eigenvalue weighted by atomic mass is 16.6. The second-order valence-corrected chi connectivity index (χ2v) is 6.81. The minimum atomic E-state index is -0.252. The average Bonchev–Trinajstić information content (AvgIpc) is 3.23. The summed E-state index contributed by atoms with van der Waals surface area (Å²) in [6, 6.07) is 16.8.